The summed E-state index contributed by atoms with van der Waals surface area (Å²) in [7, 11) is -0.142. The van der Waals surface area contributed by atoms with E-state index in [2.05, 4.69) is 11.9 Å². The number of phenols is 1. The molecule has 0 aromatic heterocycles. The van der Waals surface area contributed by atoms with Gasteiger partial charge in [-0.3, -0.25) is 0 Å². The fourth-order valence-corrected chi connectivity index (χ4v) is 5.17. The van der Waals surface area contributed by atoms with Crippen molar-refractivity contribution >= 4 is 12.8 Å². The van der Waals surface area contributed by atoms with Crippen molar-refractivity contribution in [2.24, 2.45) is 0 Å². The summed E-state index contributed by atoms with van der Waals surface area (Å²) in [6, 6.07) is 7.07. The Hall–Kier alpha value is -0.630. The Labute approximate surface area is 90.8 Å². The Bertz CT molecular complexity index is 331. The number of rotatable bonds is 1. The summed E-state index contributed by atoms with van der Waals surface area (Å²) in [6.45, 7) is 1.95. The molecule has 15 heavy (non-hydrogen) atoms. The van der Waals surface area contributed by atoms with Crippen molar-refractivity contribution in [2.75, 3.05) is 32.5 Å². The van der Waals surface area contributed by atoms with Crippen LogP contribution in [0.25, 0.3) is 0 Å². The Morgan fingerprint density at radius 1 is 1.13 bits per heavy atom. The maximum atomic E-state index is 10.6. The third-order valence-electron chi connectivity index (χ3n) is 3.22. The molecule has 1 aliphatic rings. The van der Waals surface area contributed by atoms with E-state index in [1.165, 1.54) is 0 Å². The Kier molecular flexibility index (Phi) is 2.96. The Balaban J connectivity index is 2.18. The normalized spacial score (nSPS) is 23.6. The first-order valence-corrected chi connectivity index (χ1v) is 7.67. The van der Waals surface area contributed by atoms with Gasteiger partial charge < -0.3 is 0 Å². The monoisotopic (exact) mass is 227 g/mol. The molecule has 4 heteroatoms. The fourth-order valence-electron chi connectivity index (χ4n) is 2.05. The average molecular weight is 227 g/mol. The zero-order valence-corrected chi connectivity index (χ0v) is 9.98. The van der Waals surface area contributed by atoms with E-state index in [1.54, 1.807) is 12.1 Å². The third-order valence-corrected chi connectivity index (χ3v) is 6.73. The summed E-state index contributed by atoms with van der Waals surface area (Å²) >= 11 is 0. The molecule has 1 heterocycles. The quantitative estimate of drug-likeness (QED) is 0.691. The van der Waals surface area contributed by atoms with E-state index in [1.807, 2.05) is 12.1 Å². The number of hydrogen-bond acceptors (Lipinski definition) is 3. The van der Waals surface area contributed by atoms with Crippen molar-refractivity contribution in [3.05, 3.63) is 24.3 Å². The van der Waals surface area contributed by atoms with Crippen LogP contribution in [-0.4, -0.2) is 47.4 Å². The first kappa shape index (κ1) is 10.9. The summed E-state index contributed by atoms with van der Waals surface area (Å²) in [5.41, 5.74) is 0. The summed E-state index contributed by atoms with van der Waals surface area (Å²) in [4.78, 5) is 12.8. The topological polar surface area (TPSA) is 43.7 Å². The molecule has 0 unspecified atom stereocenters. The van der Waals surface area contributed by atoms with Crippen LogP contribution in [0.3, 0.4) is 0 Å². The predicted molar refractivity (Wildman–Crippen MR) is 65.5 cm³/mol. The number of nitrogens with zero attached hydrogens (tertiary/aromatic N) is 1. The maximum absolute atomic E-state index is 10.6. The van der Waals surface area contributed by atoms with E-state index in [-0.39, 0.29) is 5.75 Å². The van der Waals surface area contributed by atoms with Crippen LogP contribution in [-0.2, 0) is 0 Å². The molecule has 1 fully saturated rings. The fraction of sp³-hybridized carbons (Fsp3) is 0.455. The first-order valence-electron chi connectivity index (χ1n) is 5.31. The summed E-state index contributed by atoms with van der Waals surface area (Å²) in [5.74, 6) is 0.268. The molecule has 1 aromatic carbocycles. The van der Waals surface area contributed by atoms with Crippen LogP contribution >= 0.6 is 7.49 Å². The van der Waals surface area contributed by atoms with E-state index in [0.29, 0.717) is 0 Å². The van der Waals surface area contributed by atoms with Crippen LogP contribution in [0.2, 0.25) is 0 Å². The van der Waals surface area contributed by atoms with Crippen LogP contribution in [0.4, 0.5) is 0 Å². The molecule has 0 radical (unpaired) electrons. The first-order chi connectivity index (χ1) is 7.10. The molecule has 1 saturated heterocycles. The van der Waals surface area contributed by atoms with Crippen LogP contribution in [0.5, 0.6) is 5.75 Å². The molecule has 2 rings (SSSR count). The summed E-state index contributed by atoms with van der Waals surface area (Å²) < 4.78 is 0. The number of aromatic hydroxyl groups is 1. The van der Waals surface area contributed by atoms with Gasteiger partial charge in [0.05, 0.1) is 0 Å². The summed E-state index contributed by atoms with van der Waals surface area (Å²) in [5, 5.41) is 10.3. The SMILES string of the molecule is CN1CC[PH](O)(c2ccc(O)cc2)CC1. The minimum atomic E-state index is -2.23. The van der Waals surface area contributed by atoms with Gasteiger partial charge in [-0.15, -0.1) is 0 Å². The second-order valence-corrected chi connectivity index (χ2v) is 8.02. The molecule has 0 amide bonds. The summed E-state index contributed by atoms with van der Waals surface area (Å²) in [6.07, 6.45) is 1.79. The van der Waals surface area contributed by atoms with Crippen molar-refractivity contribution in [3.8, 4) is 5.75 Å². The molecule has 0 aliphatic carbocycles. The van der Waals surface area contributed by atoms with Crippen LogP contribution < -0.4 is 5.30 Å². The van der Waals surface area contributed by atoms with Crippen molar-refractivity contribution in [1.29, 1.82) is 0 Å². The average Bonchev–Trinajstić information content (AvgIpc) is 2.24. The van der Waals surface area contributed by atoms with Gasteiger partial charge in [0.2, 0.25) is 0 Å². The Morgan fingerprint density at radius 3 is 2.20 bits per heavy atom. The molecule has 1 aliphatic heterocycles. The van der Waals surface area contributed by atoms with E-state index in [0.717, 1.165) is 30.7 Å². The van der Waals surface area contributed by atoms with Crippen molar-refractivity contribution in [3.63, 3.8) is 0 Å². The second-order valence-electron chi connectivity index (χ2n) is 4.38. The van der Waals surface area contributed by atoms with Gasteiger partial charge in [-0.05, 0) is 0 Å². The Morgan fingerprint density at radius 2 is 1.67 bits per heavy atom. The number of phenolic OH excluding ortho intramolecular Hbond substituents is 1. The van der Waals surface area contributed by atoms with E-state index < -0.39 is 7.49 Å². The van der Waals surface area contributed by atoms with E-state index in [4.69, 9.17) is 0 Å². The van der Waals surface area contributed by atoms with Gasteiger partial charge in [-0.25, -0.2) is 0 Å². The molecule has 0 atom stereocenters. The minimum absolute atomic E-state index is 0.268. The van der Waals surface area contributed by atoms with Crippen molar-refractivity contribution < 1.29 is 10.00 Å². The third kappa shape index (κ3) is 2.31. The van der Waals surface area contributed by atoms with Gasteiger partial charge >= 0.3 is 90.2 Å². The zero-order valence-electron chi connectivity index (χ0n) is 8.98. The molecular formula is C11H18NO2P. The van der Waals surface area contributed by atoms with Gasteiger partial charge in [0.15, 0.2) is 0 Å². The van der Waals surface area contributed by atoms with Gasteiger partial charge in [0.1, 0.15) is 0 Å². The van der Waals surface area contributed by atoms with E-state index in [9.17, 15) is 10.00 Å². The van der Waals surface area contributed by atoms with Gasteiger partial charge in [-0.2, -0.15) is 0 Å². The van der Waals surface area contributed by atoms with Gasteiger partial charge in [-0.1, -0.05) is 0 Å². The standard InChI is InChI=1S/C11H18NO2P/c1-12-6-8-15(14,9-7-12)11-4-2-10(13)3-5-11/h2-5,13-15H,6-9H2,1H3. The number of benzene rings is 1. The zero-order chi connectivity index (χ0) is 10.9. The molecule has 0 saturated carbocycles. The molecule has 0 bridgehead atoms. The predicted octanol–water partition coefficient (Wildman–Crippen LogP) is 0.620. The molecule has 3 nitrogen and oxygen atoms in total. The molecule has 84 valence electrons. The molecule has 1 aromatic rings. The van der Waals surface area contributed by atoms with Crippen LogP contribution in [0.15, 0.2) is 24.3 Å². The molecular weight excluding hydrogens is 209 g/mol. The molecule has 2 N–H and O–H groups in total. The second kappa shape index (κ2) is 4.09. The van der Waals surface area contributed by atoms with Gasteiger partial charge in [0, 0.05) is 0 Å². The van der Waals surface area contributed by atoms with Crippen LogP contribution in [0, 0.1) is 0 Å². The van der Waals surface area contributed by atoms with Gasteiger partial charge in [0.25, 0.3) is 0 Å². The van der Waals surface area contributed by atoms with E-state index >= 15 is 0 Å². The number of hydrogen-bond donors (Lipinski definition) is 2. The van der Waals surface area contributed by atoms with Crippen LogP contribution in [0.1, 0.15) is 0 Å². The van der Waals surface area contributed by atoms with Crippen molar-refractivity contribution in [1.82, 2.24) is 4.90 Å². The molecule has 0 spiro atoms. The van der Waals surface area contributed by atoms with Crippen molar-refractivity contribution in [2.45, 2.75) is 0 Å².